The van der Waals surface area contributed by atoms with Crippen LogP contribution in [-0.4, -0.2) is 37.8 Å². The Labute approximate surface area is 138 Å². The van der Waals surface area contributed by atoms with Crippen LogP contribution in [0.25, 0.3) is 0 Å². The summed E-state index contributed by atoms with van der Waals surface area (Å²) < 4.78 is 2.20. The summed E-state index contributed by atoms with van der Waals surface area (Å²) >= 11 is 0. The molecule has 0 radical (unpaired) electrons. The van der Waals surface area contributed by atoms with Crippen molar-refractivity contribution in [1.29, 1.82) is 0 Å². The molecule has 1 fully saturated rings. The van der Waals surface area contributed by atoms with E-state index in [0.717, 1.165) is 43.4 Å². The van der Waals surface area contributed by atoms with Crippen LogP contribution >= 0.6 is 0 Å². The molecule has 0 atom stereocenters. The lowest BCUT2D eigenvalue weighted by Gasteiger charge is -2.33. The zero-order valence-corrected chi connectivity index (χ0v) is 14.5. The van der Waals surface area contributed by atoms with Crippen LogP contribution in [0.4, 0.5) is 5.82 Å². The Balaban J connectivity index is 1.69. The molecule has 0 amide bonds. The van der Waals surface area contributed by atoms with Gasteiger partial charge < -0.3 is 9.47 Å². The van der Waals surface area contributed by atoms with Crippen molar-refractivity contribution in [2.45, 2.75) is 58.4 Å². The molecule has 0 spiro atoms. The van der Waals surface area contributed by atoms with Gasteiger partial charge in [0, 0.05) is 37.2 Å². The lowest BCUT2D eigenvalue weighted by atomic mass is 9.95. The fourth-order valence-electron chi connectivity index (χ4n) is 3.13. The number of piperidine rings is 1. The lowest BCUT2D eigenvalue weighted by molar-refractivity contribution is 0.447. The summed E-state index contributed by atoms with van der Waals surface area (Å²) in [5.41, 5.74) is 0. The smallest absolute Gasteiger partial charge is 0.136 e. The standard InChI is InChI=1S/C17H26N6/c1-12(2)16-18-8-5-15(20-16)22-9-6-14(7-10-22)17-21-19-11-23(17)13(3)4/h5,8,11-14H,6-7,9-10H2,1-4H3. The molecule has 0 N–H and O–H groups in total. The minimum atomic E-state index is 0.358. The predicted molar refractivity (Wildman–Crippen MR) is 90.7 cm³/mol. The van der Waals surface area contributed by atoms with E-state index in [9.17, 15) is 0 Å². The Morgan fingerprint density at radius 2 is 1.87 bits per heavy atom. The van der Waals surface area contributed by atoms with Gasteiger partial charge >= 0.3 is 0 Å². The summed E-state index contributed by atoms with van der Waals surface area (Å²) in [6.07, 6.45) is 5.91. The molecule has 0 bridgehead atoms. The molecule has 6 nitrogen and oxygen atoms in total. The van der Waals surface area contributed by atoms with E-state index in [-0.39, 0.29) is 0 Å². The van der Waals surface area contributed by atoms with Crippen molar-refractivity contribution in [3.05, 3.63) is 30.2 Å². The van der Waals surface area contributed by atoms with Crippen LogP contribution in [0.1, 0.15) is 70.1 Å². The van der Waals surface area contributed by atoms with Gasteiger partial charge in [0.2, 0.25) is 0 Å². The van der Waals surface area contributed by atoms with Gasteiger partial charge in [-0.25, -0.2) is 9.97 Å². The zero-order valence-electron chi connectivity index (χ0n) is 14.5. The average molecular weight is 314 g/mol. The molecule has 0 aliphatic carbocycles. The first kappa shape index (κ1) is 15.9. The van der Waals surface area contributed by atoms with E-state index in [0.29, 0.717) is 17.9 Å². The van der Waals surface area contributed by atoms with Gasteiger partial charge in [-0.15, -0.1) is 10.2 Å². The molecule has 2 aromatic rings. The van der Waals surface area contributed by atoms with Crippen LogP contribution in [0, 0.1) is 0 Å². The van der Waals surface area contributed by atoms with Crippen LogP contribution in [0.15, 0.2) is 18.6 Å². The van der Waals surface area contributed by atoms with Gasteiger partial charge in [-0.3, -0.25) is 0 Å². The van der Waals surface area contributed by atoms with E-state index in [1.54, 1.807) is 0 Å². The Bertz CT molecular complexity index is 640. The number of hydrogen-bond acceptors (Lipinski definition) is 5. The van der Waals surface area contributed by atoms with Crippen molar-refractivity contribution in [3.63, 3.8) is 0 Å². The maximum Gasteiger partial charge on any atom is 0.136 e. The molecule has 1 aliphatic rings. The van der Waals surface area contributed by atoms with Gasteiger partial charge in [0.1, 0.15) is 23.8 Å². The third-order valence-corrected chi connectivity index (χ3v) is 4.52. The van der Waals surface area contributed by atoms with Crippen LogP contribution < -0.4 is 4.90 Å². The first-order chi connectivity index (χ1) is 11.1. The summed E-state index contributed by atoms with van der Waals surface area (Å²) in [6, 6.07) is 2.43. The molecule has 2 aromatic heterocycles. The van der Waals surface area contributed by atoms with Crippen molar-refractivity contribution in [1.82, 2.24) is 24.7 Å². The summed E-state index contributed by atoms with van der Waals surface area (Å²) in [6.45, 7) is 10.6. The number of rotatable bonds is 4. The molecule has 0 unspecified atom stereocenters. The molecular formula is C17H26N6. The third kappa shape index (κ3) is 3.35. The second kappa shape index (κ2) is 6.64. The Kier molecular flexibility index (Phi) is 4.59. The largest absolute Gasteiger partial charge is 0.356 e. The van der Waals surface area contributed by atoms with Gasteiger partial charge in [-0.1, -0.05) is 13.8 Å². The molecular weight excluding hydrogens is 288 g/mol. The monoisotopic (exact) mass is 314 g/mol. The Morgan fingerprint density at radius 3 is 2.52 bits per heavy atom. The summed E-state index contributed by atoms with van der Waals surface area (Å²) in [5.74, 6) is 3.95. The molecule has 6 heteroatoms. The van der Waals surface area contributed by atoms with Crippen LogP contribution in [-0.2, 0) is 0 Å². The quantitative estimate of drug-likeness (QED) is 0.867. The van der Waals surface area contributed by atoms with Gasteiger partial charge in [0.15, 0.2) is 0 Å². The zero-order chi connectivity index (χ0) is 16.4. The molecule has 0 aromatic carbocycles. The normalized spacial score (nSPS) is 16.5. The molecule has 1 saturated heterocycles. The molecule has 3 rings (SSSR count). The summed E-state index contributed by atoms with van der Waals surface area (Å²) in [4.78, 5) is 11.4. The van der Waals surface area contributed by atoms with Crippen molar-refractivity contribution in [2.24, 2.45) is 0 Å². The minimum Gasteiger partial charge on any atom is -0.356 e. The maximum atomic E-state index is 4.71. The van der Waals surface area contributed by atoms with Crippen molar-refractivity contribution >= 4 is 5.82 Å². The summed E-state index contributed by atoms with van der Waals surface area (Å²) in [7, 11) is 0. The first-order valence-corrected chi connectivity index (χ1v) is 8.53. The van der Waals surface area contributed by atoms with Crippen LogP contribution in [0.5, 0.6) is 0 Å². The van der Waals surface area contributed by atoms with Crippen molar-refractivity contribution in [2.75, 3.05) is 18.0 Å². The van der Waals surface area contributed by atoms with Gasteiger partial charge in [0.25, 0.3) is 0 Å². The van der Waals surface area contributed by atoms with Crippen molar-refractivity contribution < 1.29 is 0 Å². The number of anilines is 1. The topological polar surface area (TPSA) is 59.7 Å². The van der Waals surface area contributed by atoms with Gasteiger partial charge in [-0.05, 0) is 32.8 Å². The van der Waals surface area contributed by atoms with E-state index < -0.39 is 0 Å². The lowest BCUT2D eigenvalue weighted by Crippen LogP contribution is -2.34. The predicted octanol–water partition coefficient (Wildman–Crippen LogP) is 3.16. The van der Waals surface area contributed by atoms with Crippen LogP contribution in [0.3, 0.4) is 0 Å². The molecule has 23 heavy (non-hydrogen) atoms. The average Bonchev–Trinajstić information content (AvgIpc) is 3.05. The minimum absolute atomic E-state index is 0.358. The highest BCUT2D eigenvalue weighted by atomic mass is 15.3. The van der Waals surface area contributed by atoms with E-state index in [1.807, 2.05) is 18.6 Å². The van der Waals surface area contributed by atoms with Crippen LogP contribution in [0.2, 0.25) is 0 Å². The van der Waals surface area contributed by atoms with Crippen molar-refractivity contribution in [3.8, 4) is 0 Å². The highest BCUT2D eigenvalue weighted by molar-refractivity contribution is 5.38. The SMILES string of the molecule is CC(C)c1nccc(N2CCC(c3nncn3C(C)C)CC2)n1. The highest BCUT2D eigenvalue weighted by Crippen LogP contribution is 2.30. The van der Waals surface area contributed by atoms with E-state index in [4.69, 9.17) is 4.98 Å². The van der Waals surface area contributed by atoms with E-state index in [1.165, 1.54) is 0 Å². The number of nitrogens with zero attached hydrogens (tertiary/aromatic N) is 6. The maximum absolute atomic E-state index is 4.71. The first-order valence-electron chi connectivity index (χ1n) is 8.53. The third-order valence-electron chi connectivity index (χ3n) is 4.52. The second-order valence-electron chi connectivity index (χ2n) is 6.88. The van der Waals surface area contributed by atoms with E-state index in [2.05, 4.69) is 52.3 Å². The highest BCUT2D eigenvalue weighted by Gasteiger charge is 2.26. The molecule has 3 heterocycles. The molecule has 1 aliphatic heterocycles. The van der Waals surface area contributed by atoms with Gasteiger partial charge in [0.05, 0.1) is 0 Å². The second-order valence-corrected chi connectivity index (χ2v) is 6.88. The number of hydrogen-bond donors (Lipinski definition) is 0. The fraction of sp³-hybridized carbons (Fsp3) is 0.647. The Hall–Kier alpha value is -1.98. The summed E-state index contributed by atoms with van der Waals surface area (Å²) in [5, 5.41) is 8.47. The van der Waals surface area contributed by atoms with Gasteiger partial charge in [-0.2, -0.15) is 0 Å². The Morgan fingerprint density at radius 1 is 1.13 bits per heavy atom. The van der Waals surface area contributed by atoms with E-state index >= 15 is 0 Å². The molecule has 0 saturated carbocycles. The number of aromatic nitrogens is 5. The fourth-order valence-corrected chi connectivity index (χ4v) is 3.13. The molecule has 124 valence electrons.